The van der Waals surface area contributed by atoms with E-state index in [9.17, 15) is 13.2 Å². The number of nitrogens with one attached hydrogen (secondary N) is 2. The number of nitrogens with zero attached hydrogens (tertiary/aromatic N) is 2. The number of amides is 1. The summed E-state index contributed by atoms with van der Waals surface area (Å²) in [5, 5.41) is 8.70. The van der Waals surface area contributed by atoms with Gasteiger partial charge in [0.25, 0.3) is 0 Å². The number of anilines is 2. The number of hydrogen-bond donors (Lipinski definition) is 2. The molecular weight excluding hydrogens is 500 g/mol. The highest BCUT2D eigenvalue weighted by atomic mass is 32.2. The van der Waals surface area contributed by atoms with Crippen molar-refractivity contribution in [2.24, 2.45) is 5.92 Å². The van der Waals surface area contributed by atoms with Gasteiger partial charge in [-0.15, -0.1) is 11.3 Å². The molecule has 1 aromatic heterocycles. The molecule has 1 aliphatic heterocycles. The summed E-state index contributed by atoms with van der Waals surface area (Å²) >= 11 is 1.49. The Labute approximate surface area is 215 Å². The standard InChI is InChI=1S/C25H30N4O5S2/c1-16-12-19(8-10-22(16)33-3)36(31,32)29-11-5-6-18(14-29)24(30)27-20-13-17(7-9-23(20)34-4)21-15-35-25(26-2)28-21/h7-10,12-13,15,18H,5-6,11,14H2,1-4H3,(H,26,28)(H,27,30)/t18-/m0/s1. The summed E-state index contributed by atoms with van der Waals surface area (Å²) in [5.41, 5.74) is 2.88. The van der Waals surface area contributed by atoms with Crippen molar-refractivity contribution in [2.45, 2.75) is 24.7 Å². The van der Waals surface area contributed by atoms with E-state index in [1.807, 2.05) is 24.6 Å². The molecule has 3 aromatic rings. The summed E-state index contributed by atoms with van der Waals surface area (Å²) in [7, 11) is 1.15. The molecule has 9 nitrogen and oxygen atoms in total. The minimum Gasteiger partial charge on any atom is -0.496 e. The maximum atomic E-state index is 13.3. The first-order chi connectivity index (χ1) is 17.3. The highest BCUT2D eigenvalue weighted by molar-refractivity contribution is 7.89. The number of benzene rings is 2. The first-order valence-corrected chi connectivity index (χ1v) is 13.9. The van der Waals surface area contributed by atoms with Crippen LogP contribution in [0.1, 0.15) is 18.4 Å². The van der Waals surface area contributed by atoms with Crippen molar-refractivity contribution in [1.29, 1.82) is 0 Å². The average Bonchev–Trinajstić information content (AvgIpc) is 3.38. The Morgan fingerprint density at radius 1 is 1.14 bits per heavy atom. The Kier molecular flexibility index (Phi) is 7.82. The number of piperidine rings is 1. The lowest BCUT2D eigenvalue weighted by Gasteiger charge is -2.31. The van der Waals surface area contributed by atoms with E-state index in [1.165, 1.54) is 15.6 Å². The summed E-state index contributed by atoms with van der Waals surface area (Å²) < 4.78 is 38.7. The van der Waals surface area contributed by atoms with Crippen LogP contribution in [0.15, 0.2) is 46.7 Å². The number of rotatable bonds is 8. The van der Waals surface area contributed by atoms with Crippen LogP contribution in [-0.4, -0.2) is 58.0 Å². The SMILES string of the molecule is CNc1nc(-c2ccc(OC)c(NC(=O)[C@H]3CCCN(S(=O)(=O)c4ccc(OC)c(C)c4)C3)c2)cs1. The van der Waals surface area contributed by atoms with Gasteiger partial charge in [-0.2, -0.15) is 4.31 Å². The van der Waals surface area contributed by atoms with E-state index in [1.54, 1.807) is 45.4 Å². The predicted octanol–water partition coefficient (Wildman–Crippen LogP) is 4.22. The van der Waals surface area contributed by atoms with Crippen LogP contribution in [0.2, 0.25) is 0 Å². The third kappa shape index (κ3) is 5.32. The Bertz CT molecular complexity index is 1360. The number of aryl methyl sites for hydroxylation is 1. The van der Waals surface area contributed by atoms with Crippen molar-refractivity contribution in [3.8, 4) is 22.8 Å². The molecule has 1 amide bonds. The van der Waals surface area contributed by atoms with Crippen LogP contribution in [0, 0.1) is 12.8 Å². The van der Waals surface area contributed by atoms with E-state index in [4.69, 9.17) is 9.47 Å². The fraction of sp³-hybridized carbons (Fsp3) is 0.360. The second-order valence-electron chi connectivity index (χ2n) is 8.53. The fourth-order valence-electron chi connectivity index (χ4n) is 4.26. The molecule has 4 rings (SSSR count). The van der Waals surface area contributed by atoms with Crippen molar-refractivity contribution in [3.05, 3.63) is 47.3 Å². The number of carbonyl (C=O) groups excluding carboxylic acids is 1. The summed E-state index contributed by atoms with van der Waals surface area (Å²) in [5.74, 6) is 0.410. The molecule has 1 atom stereocenters. The third-order valence-corrected chi connectivity index (χ3v) is 8.95. The van der Waals surface area contributed by atoms with Crippen molar-refractivity contribution in [1.82, 2.24) is 9.29 Å². The first-order valence-electron chi connectivity index (χ1n) is 11.5. The molecule has 36 heavy (non-hydrogen) atoms. The molecule has 192 valence electrons. The van der Waals surface area contributed by atoms with Crippen molar-refractivity contribution in [3.63, 3.8) is 0 Å². The van der Waals surface area contributed by atoms with Crippen molar-refractivity contribution < 1.29 is 22.7 Å². The van der Waals surface area contributed by atoms with Gasteiger partial charge in [0.05, 0.1) is 36.4 Å². The molecule has 0 unspecified atom stereocenters. The number of methoxy groups -OCH3 is 2. The van der Waals surface area contributed by atoms with E-state index < -0.39 is 15.9 Å². The van der Waals surface area contributed by atoms with Crippen LogP contribution in [0.4, 0.5) is 10.8 Å². The highest BCUT2D eigenvalue weighted by Crippen LogP contribution is 2.33. The average molecular weight is 531 g/mol. The number of sulfonamides is 1. The fourth-order valence-corrected chi connectivity index (χ4v) is 6.55. The molecule has 2 N–H and O–H groups in total. The smallest absolute Gasteiger partial charge is 0.243 e. The van der Waals surface area contributed by atoms with Gasteiger partial charge in [0.1, 0.15) is 11.5 Å². The van der Waals surface area contributed by atoms with Gasteiger partial charge in [-0.1, -0.05) is 0 Å². The van der Waals surface area contributed by atoms with Gasteiger partial charge in [0.15, 0.2) is 5.13 Å². The molecule has 2 aromatic carbocycles. The zero-order valence-electron chi connectivity index (χ0n) is 20.7. The molecule has 0 spiro atoms. The Morgan fingerprint density at radius 2 is 1.89 bits per heavy atom. The van der Waals surface area contributed by atoms with Crippen LogP contribution in [0.5, 0.6) is 11.5 Å². The predicted molar refractivity (Wildman–Crippen MR) is 141 cm³/mol. The van der Waals surface area contributed by atoms with Crippen molar-refractivity contribution in [2.75, 3.05) is 45.0 Å². The Hall–Kier alpha value is -3.15. The lowest BCUT2D eigenvalue weighted by Crippen LogP contribution is -2.43. The van der Waals surface area contributed by atoms with E-state index in [0.717, 1.165) is 22.0 Å². The van der Waals surface area contributed by atoms with Gasteiger partial charge in [-0.05, 0) is 61.7 Å². The van der Waals surface area contributed by atoms with Gasteiger partial charge in [-0.3, -0.25) is 4.79 Å². The minimum atomic E-state index is -3.74. The van der Waals surface area contributed by atoms with Gasteiger partial charge >= 0.3 is 0 Å². The summed E-state index contributed by atoms with van der Waals surface area (Å²) in [4.78, 5) is 18.0. The van der Waals surface area contributed by atoms with Crippen LogP contribution in [0.25, 0.3) is 11.3 Å². The van der Waals surface area contributed by atoms with Crippen molar-refractivity contribution >= 4 is 38.1 Å². The molecule has 2 heterocycles. The molecular formula is C25H30N4O5S2. The van der Waals surface area contributed by atoms with E-state index in [0.29, 0.717) is 36.6 Å². The minimum absolute atomic E-state index is 0.110. The van der Waals surface area contributed by atoms with E-state index in [2.05, 4.69) is 15.6 Å². The van der Waals surface area contributed by atoms with Crippen LogP contribution >= 0.6 is 11.3 Å². The van der Waals surface area contributed by atoms with Gasteiger partial charge in [0.2, 0.25) is 15.9 Å². The number of hydrogen-bond acceptors (Lipinski definition) is 8. The van der Waals surface area contributed by atoms with E-state index in [-0.39, 0.29) is 17.3 Å². The van der Waals surface area contributed by atoms with E-state index >= 15 is 0 Å². The largest absolute Gasteiger partial charge is 0.496 e. The number of carbonyl (C=O) groups is 1. The normalized spacial score (nSPS) is 16.4. The lowest BCUT2D eigenvalue weighted by molar-refractivity contribution is -0.120. The number of aromatic nitrogens is 1. The molecule has 0 bridgehead atoms. The molecule has 0 saturated carbocycles. The van der Waals surface area contributed by atoms with Crippen LogP contribution in [0.3, 0.4) is 0 Å². The molecule has 11 heteroatoms. The molecule has 0 radical (unpaired) electrons. The highest BCUT2D eigenvalue weighted by Gasteiger charge is 2.34. The number of thiazole rings is 1. The summed E-state index contributed by atoms with van der Waals surface area (Å²) in [6.07, 6.45) is 1.19. The molecule has 1 aliphatic rings. The monoisotopic (exact) mass is 530 g/mol. The second kappa shape index (κ2) is 10.9. The topological polar surface area (TPSA) is 110 Å². The summed E-state index contributed by atoms with van der Waals surface area (Å²) in [6.45, 7) is 2.28. The van der Waals surface area contributed by atoms with Crippen LogP contribution < -0.4 is 20.1 Å². The Morgan fingerprint density at radius 3 is 2.56 bits per heavy atom. The Balaban J connectivity index is 1.52. The summed E-state index contributed by atoms with van der Waals surface area (Å²) in [6, 6.07) is 10.3. The molecule has 1 fully saturated rings. The maximum Gasteiger partial charge on any atom is 0.243 e. The first kappa shape index (κ1) is 25.9. The zero-order valence-corrected chi connectivity index (χ0v) is 22.3. The molecule has 1 saturated heterocycles. The van der Waals surface area contributed by atoms with Gasteiger partial charge in [-0.25, -0.2) is 13.4 Å². The maximum absolute atomic E-state index is 13.3. The lowest BCUT2D eigenvalue weighted by atomic mass is 9.98. The van der Waals surface area contributed by atoms with Gasteiger partial charge < -0.3 is 20.1 Å². The van der Waals surface area contributed by atoms with Gasteiger partial charge in [0, 0.05) is 31.1 Å². The molecule has 0 aliphatic carbocycles. The zero-order chi connectivity index (χ0) is 25.9. The number of ether oxygens (including phenoxy) is 2. The second-order valence-corrected chi connectivity index (χ2v) is 11.3. The van der Waals surface area contributed by atoms with Crippen LogP contribution in [-0.2, 0) is 14.8 Å². The quantitative estimate of drug-likeness (QED) is 0.449. The third-order valence-electron chi connectivity index (χ3n) is 6.23.